The fourth-order valence-electron chi connectivity index (χ4n) is 0.869. The van der Waals surface area contributed by atoms with Crippen LogP contribution in [0.3, 0.4) is 0 Å². The van der Waals surface area contributed by atoms with Crippen molar-refractivity contribution in [3.8, 4) is 5.75 Å². The van der Waals surface area contributed by atoms with Gasteiger partial charge in [-0.05, 0) is 24.3 Å². The Morgan fingerprint density at radius 1 is 1.40 bits per heavy atom. The summed E-state index contributed by atoms with van der Waals surface area (Å²) in [6, 6.07) is 6.79. The molecule has 0 fully saturated rings. The first kappa shape index (κ1) is 11.8. The van der Waals surface area contributed by atoms with Crippen LogP contribution in [0.1, 0.15) is 0 Å². The average molecular weight is 230 g/mol. The summed E-state index contributed by atoms with van der Waals surface area (Å²) in [7, 11) is 2.94. The summed E-state index contributed by atoms with van der Waals surface area (Å²) in [5, 5.41) is 1.73. The molecule has 0 atom stereocenters. The third kappa shape index (κ3) is 3.77. The van der Waals surface area contributed by atoms with E-state index < -0.39 is 0 Å². The topological polar surface area (TPSA) is 38.8 Å². The maximum absolute atomic E-state index is 11.3. The van der Waals surface area contributed by atoms with Gasteiger partial charge in [0, 0.05) is 12.1 Å². The van der Waals surface area contributed by atoms with Crippen LogP contribution in [0.15, 0.2) is 24.3 Å². The van der Waals surface area contributed by atoms with Gasteiger partial charge in [-0.3, -0.25) is 9.63 Å². The number of ether oxygens (including phenoxy) is 1. The molecule has 1 aromatic carbocycles. The summed E-state index contributed by atoms with van der Waals surface area (Å²) in [6.45, 7) is -0.0635. The highest BCUT2D eigenvalue weighted by molar-refractivity contribution is 6.30. The van der Waals surface area contributed by atoms with Crippen LogP contribution >= 0.6 is 11.6 Å². The van der Waals surface area contributed by atoms with Crippen LogP contribution in [-0.4, -0.2) is 31.7 Å². The molecule has 0 bridgehead atoms. The van der Waals surface area contributed by atoms with Gasteiger partial charge in [0.25, 0.3) is 5.91 Å². The zero-order chi connectivity index (χ0) is 11.3. The largest absolute Gasteiger partial charge is 0.484 e. The van der Waals surface area contributed by atoms with E-state index in [4.69, 9.17) is 21.2 Å². The van der Waals surface area contributed by atoms with Crippen molar-refractivity contribution in [2.24, 2.45) is 0 Å². The molecule has 0 saturated carbocycles. The van der Waals surface area contributed by atoms with Crippen LogP contribution in [0.25, 0.3) is 0 Å². The van der Waals surface area contributed by atoms with Gasteiger partial charge in [-0.15, -0.1) is 0 Å². The molecule has 0 radical (unpaired) electrons. The van der Waals surface area contributed by atoms with Gasteiger partial charge in [0.15, 0.2) is 6.61 Å². The first-order valence-corrected chi connectivity index (χ1v) is 4.70. The number of nitrogens with zero attached hydrogens (tertiary/aromatic N) is 1. The Morgan fingerprint density at radius 3 is 2.53 bits per heavy atom. The van der Waals surface area contributed by atoms with E-state index in [9.17, 15) is 4.79 Å². The van der Waals surface area contributed by atoms with E-state index in [1.807, 2.05) is 0 Å². The molecule has 0 spiro atoms. The Kier molecular flexibility index (Phi) is 4.39. The number of hydrogen-bond donors (Lipinski definition) is 0. The lowest BCUT2D eigenvalue weighted by atomic mass is 10.3. The molecule has 1 rings (SSSR count). The average Bonchev–Trinajstić information content (AvgIpc) is 2.26. The molecule has 0 N–H and O–H groups in total. The smallest absolute Gasteiger partial charge is 0.283 e. The van der Waals surface area contributed by atoms with E-state index in [0.717, 1.165) is 5.06 Å². The van der Waals surface area contributed by atoms with Crippen molar-refractivity contribution < 1.29 is 14.4 Å². The molecule has 4 nitrogen and oxygen atoms in total. The van der Waals surface area contributed by atoms with Gasteiger partial charge in [0.2, 0.25) is 0 Å². The maximum atomic E-state index is 11.3. The van der Waals surface area contributed by atoms with Gasteiger partial charge in [-0.25, -0.2) is 5.06 Å². The predicted molar refractivity (Wildman–Crippen MR) is 56.7 cm³/mol. The van der Waals surface area contributed by atoms with E-state index in [1.54, 1.807) is 24.3 Å². The van der Waals surface area contributed by atoms with Crippen LogP contribution in [0.2, 0.25) is 5.02 Å². The summed E-state index contributed by atoms with van der Waals surface area (Å²) in [6.07, 6.45) is 0. The number of carbonyl (C=O) groups is 1. The number of benzene rings is 1. The van der Waals surface area contributed by atoms with Crippen LogP contribution in [0.4, 0.5) is 0 Å². The first-order valence-electron chi connectivity index (χ1n) is 4.32. The normalized spacial score (nSPS) is 9.80. The predicted octanol–water partition coefficient (Wildman–Crippen LogP) is 1.74. The lowest BCUT2D eigenvalue weighted by molar-refractivity contribution is -0.170. The summed E-state index contributed by atoms with van der Waals surface area (Å²) in [4.78, 5) is 16.0. The molecule has 0 aromatic heterocycles. The van der Waals surface area contributed by atoms with Crippen molar-refractivity contribution >= 4 is 17.5 Å². The molecule has 1 aromatic rings. The Morgan fingerprint density at radius 2 is 2.00 bits per heavy atom. The minimum atomic E-state index is -0.257. The highest BCUT2D eigenvalue weighted by Crippen LogP contribution is 2.15. The van der Waals surface area contributed by atoms with Crippen molar-refractivity contribution in [2.45, 2.75) is 0 Å². The molecule has 82 valence electrons. The minimum absolute atomic E-state index is 0.0635. The highest BCUT2D eigenvalue weighted by atomic mass is 35.5. The quantitative estimate of drug-likeness (QED) is 0.739. The van der Waals surface area contributed by atoms with E-state index in [2.05, 4.69) is 0 Å². The lowest BCUT2D eigenvalue weighted by Crippen LogP contribution is -2.30. The van der Waals surface area contributed by atoms with E-state index >= 15 is 0 Å². The second-order valence-electron chi connectivity index (χ2n) is 2.82. The number of amides is 1. The minimum Gasteiger partial charge on any atom is -0.484 e. The van der Waals surface area contributed by atoms with Crippen LogP contribution in [0, 0.1) is 0 Å². The number of hydrogen-bond acceptors (Lipinski definition) is 3. The molecule has 0 aliphatic rings. The van der Waals surface area contributed by atoms with Crippen molar-refractivity contribution in [1.82, 2.24) is 5.06 Å². The number of hydroxylamine groups is 2. The van der Waals surface area contributed by atoms with Crippen molar-refractivity contribution in [1.29, 1.82) is 0 Å². The summed E-state index contributed by atoms with van der Waals surface area (Å²) < 4.78 is 5.22. The van der Waals surface area contributed by atoms with Gasteiger partial charge in [-0.1, -0.05) is 11.6 Å². The van der Waals surface area contributed by atoms with Gasteiger partial charge in [0.1, 0.15) is 5.75 Å². The van der Waals surface area contributed by atoms with Crippen LogP contribution < -0.4 is 4.74 Å². The Hall–Kier alpha value is -1.26. The van der Waals surface area contributed by atoms with Gasteiger partial charge in [0.05, 0.1) is 7.11 Å². The van der Waals surface area contributed by atoms with Crippen molar-refractivity contribution in [3.05, 3.63) is 29.3 Å². The lowest BCUT2D eigenvalue weighted by Gasteiger charge is -2.13. The molecular formula is C10H12ClNO3. The number of rotatable bonds is 4. The van der Waals surface area contributed by atoms with Gasteiger partial charge >= 0.3 is 0 Å². The van der Waals surface area contributed by atoms with Crippen molar-refractivity contribution in [3.63, 3.8) is 0 Å². The summed E-state index contributed by atoms with van der Waals surface area (Å²) in [5.41, 5.74) is 0. The standard InChI is InChI=1S/C10H12ClNO3/c1-12(14-2)10(13)7-15-9-5-3-8(11)4-6-9/h3-6H,7H2,1-2H3. The molecule has 0 heterocycles. The second kappa shape index (κ2) is 5.58. The van der Waals surface area contributed by atoms with E-state index in [-0.39, 0.29) is 12.5 Å². The molecule has 5 heteroatoms. The fourth-order valence-corrected chi connectivity index (χ4v) is 0.995. The molecule has 0 unspecified atom stereocenters. The number of carbonyl (C=O) groups excluding carboxylic acids is 1. The second-order valence-corrected chi connectivity index (χ2v) is 3.25. The molecule has 0 aliphatic heterocycles. The van der Waals surface area contributed by atoms with E-state index in [0.29, 0.717) is 10.8 Å². The molecule has 15 heavy (non-hydrogen) atoms. The Balaban J connectivity index is 2.43. The SMILES string of the molecule is CON(C)C(=O)COc1ccc(Cl)cc1. The third-order valence-electron chi connectivity index (χ3n) is 1.80. The van der Waals surface area contributed by atoms with Gasteiger partial charge in [-0.2, -0.15) is 0 Å². The summed E-state index contributed by atoms with van der Waals surface area (Å²) in [5.74, 6) is 0.338. The Bertz CT molecular complexity index is 326. The van der Waals surface area contributed by atoms with Crippen LogP contribution in [-0.2, 0) is 9.63 Å². The molecule has 0 saturated heterocycles. The van der Waals surface area contributed by atoms with Gasteiger partial charge < -0.3 is 4.74 Å². The zero-order valence-electron chi connectivity index (χ0n) is 8.57. The van der Waals surface area contributed by atoms with Crippen molar-refractivity contribution in [2.75, 3.05) is 20.8 Å². The van der Waals surface area contributed by atoms with Crippen LogP contribution in [0.5, 0.6) is 5.75 Å². The number of likely N-dealkylation sites (N-methyl/N-ethyl adjacent to an activating group) is 1. The summed E-state index contributed by atoms with van der Waals surface area (Å²) >= 11 is 5.70. The molecule has 1 amide bonds. The third-order valence-corrected chi connectivity index (χ3v) is 2.05. The Labute approximate surface area is 93.3 Å². The molecular weight excluding hydrogens is 218 g/mol. The monoisotopic (exact) mass is 229 g/mol. The molecule has 0 aliphatic carbocycles. The fraction of sp³-hybridized carbons (Fsp3) is 0.300. The maximum Gasteiger partial charge on any atom is 0.283 e. The number of halogens is 1. The van der Waals surface area contributed by atoms with E-state index in [1.165, 1.54) is 14.2 Å². The highest BCUT2D eigenvalue weighted by Gasteiger charge is 2.08. The first-order chi connectivity index (χ1) is 7.13. The zero-order valence-corrected chi connectivity index (χ0v) is 9.32.